The largest absolute Gasteiger partial charge is 0.310 e. The monoisotopic (exact) mass is 226 g/mol. The zero-order valence-electron chi connectivity index (χ0n) is 11.6. The van der Waals surface area contributed by atoms with E-state index in [0.717, 1.165) is 12.0 Å². The molecule has 0 radical (unpaired) electrons. The molecule has 0 spiro atoms. The molecule has 0 aliphatic heterocycles. The Labute approximate surface area is 102 Å². The molecule has 0 aromatic carbocycles. The molecular formula is C14H30N2. The fourth-order valence-corrected chi connectivity index (χ4v) is 2.81. The first kappa shape index (κ1) is 14.0. The van der Waals surface area contributed by atoms with E-state index in [9.17, 15) is 0 Å². The summed E-state index contributed by atoms with van der Waals surface area (Å²) in [5.74, 6) is 0.793. The van der Waals surface area contributed by atoms with E-state index in [2.05, 4.69) is 38.2 Å². The molecule has 1 atom stereocenters. The van der Waals surface area contributed by atoms with Gasteiger partial charge >= 0.3 is 0 Å². The van der Waals surface area contributed by atoms with Gasteiger partial charge in [-0.15, -0.1) is 0 Å². The van der Waals surface area contributed by atoms with Gasteiger partial charge in [-0.2, -0.15) is 0 Å². The van der Waals surface area contributed by atoms with Crippen LogP contribution < -0.4 is 5.32 Å². The van der Waals surface area contributed by atoms with Crippen molar-refractivity contribution in [1.29, 1.82) is 0 Å². The van der Waals surface area contributed by atoms with Gasteiger partial charge in [-0.1, -0.05) is 33.1 Å². The maximum atomic E-state index is 3.88. The molecule has 96 valence electrons. The van der Waals surface area contributed by atoms with Gasteiger partial charge in [0.15, 0.2) is 0 Å². The third-order valence-corrected chi connectivity index (χ3v) is 3.42. The van der Waals surface area contributed by atoms with Crippen LogP contribution >= 0.6 is 0 Å². The highest BCUT2D eigenvalue weighted by Gasteiger charge is 2.18. The maximum Gasteiger partial charge on any atom is 0.0199 e. The Morgan fingerprint density at radius 3 is 2.25 bits per heavy atom. The summed E-state index contributed by atoms with van der Waals surface area (Å²) in [5, 5.41) is 3.88. The Morgan fingerprint density at radius 2 is 1.75 bits per heavy atom. The number of nitrogens with zero attached hydrogens (tertiary/aromatic N) is 1. The summed E-state index contributed by atoms with van der Waals surface area (Å²) in [4.78, 5) is 2.31. The van der Waals surface area contributed by atoms with Gasteiger partial charge in [-0.3, -0.25) is 0 Å². The van der Waals surface area contributed by atoms with Gasteiger partial charge in [0, 0.05) is 18.6 Å². The van der Waals surface area contributed by atoms with Gasteiger partial charge in [0.25, 0.3) is 0 Å². The number of hydrogen-bond donors (Lipinski definition) is 1. The molecule has 0 aromatic rings. The van der Waals surface area contributed by atoms with Crippen molar-refractivity contribution in [3.8, 4) is 0 Å². The molecule has 0 saturated heterocycles. The second-order valence-corrected chi connectivity index (χ2v) is 6.09. The Kier molecular flexibility index (Phi) is 6.37. The minimum Gasteiger partial charge on any atom is -0.310 e. The highest BCUT2D eigenvalue weighted by Crippen LogP contribution is 2.19. The molecule has 1 rings (SSSR count). The van der Waals surface area contributed by atoms with E-state index in [1.807, 2.05) is 0 Å². The van der Waals surface area contributed by atoms with Crippen LogP contribution in [0.1, 0.15) is 52.4 Å². The SMILES string of the molecule is CC(C)CC(CN(C)C)NC1CCCCC1. The van der Waals surface area contributed by atoms with Crippen molar-refractivity contribution < 1.29 is 0 Å². The molecule has 0 amide bonds. The average molecular weight is 226 g/mol. The fourth-order valence-electron chi connectivity index (χ4n) is 2.81. The first-order valence-electron chi connectivity index (χ1n) is 6.98. The first-order valence-corrected chi connectivity index (χ1v) is 6.98. The van der Waals surface area contributed by atoms with E-state index in [0.29, 0.717) is 6.04 Å². The topological polar surface area (TPSA) is 15.3 Å². The molecule has 1 aliphatic rings. The Bertz CT molecular complexity index is 162. The van der Waals surface area contributed by atoms with Crippen molar-refractivity contribution in [3.05, 3.63) is 0 Å². The predicted octanol–water partition coefficient (Wildman–Crippen LogP) is 2.89. The van der Waals surface area contributed by atoms with E-state index >= 15 is 0 Å². The van der Waals surface area contributed by atoms with Crippen molar-refractivity contribution in [2.45, 2.75) is 64.5 Å². The van der Waals surface area contributed by atoms with Crippen molar-refractivity contribution in [2.75, 3.05) is 20.6 Å². The maximum absolute atomic E-state index is 3.88. The van der Waals surface area contributed by atoms with E-state index < -0.39 is 0 Å². The summed E-state index contributed by atoms with van der Waals surface area (Å²) >= 11 is 0. The Hall–Kier alpha value is -0.0800. The minimum absolute atomic E-state index is 0.679. The van der Waals surface area contributed by atoms with Crippen LogP contribution in [0.4, 0.5) is 0 Å². The second-order valence-electron chi connectivity index (χ2n) is 6.09. The third kappa shape index (κ3) is 5.86. The molecule has 1 aliphatic carbocycles. The van der Waals surface area contributed by atoms with Crippen LogP contribution in [0, 0.1) is 5.92 Å². The van der Waals surface area contributed by atoms with Gasteiger partial charge in [0.1, 0.15) is 0 Å². The highest BCUT2D eigenvalue weighted by atomic mass is 15.1. The van der Waals surface area contributed by atoms with Gasteiger partial charge in [-0.05, 0) is 39.3 Å². The van der Waals surface area contributed by atoms with Crippen LogP contribution in [0.15, 0.2) is 0 Å². The van der Waals surface area contributed by atoms with Gasteiger partial charge in [0.2, 0.25) is 0 Å². The quantitative estimate of drug-likeness (QED) is 0.749. The molecule has 1 fully saturated rings. The minimum atomic E-state index is 0.679. The number of rotatable bonds is 6. The highest BCUT2D eigenvalue weighted by molar-refractivity contribution is 4.79. The van der Waals surface area contributed by atoms with E-state index in [4.69, 9.17) is 0 Å². The summed E-state index contributed by atoms with van der Waals surface area (Å²) in [6, 6.07) is 1.47. The Morgan fingerprint density at radius 1 is 1.12 bits per heavy atom. The first-order chi connectivity index (χ1) is 7.58. The molecule has 0 heterocycles. The molecular weight excluding hydrogens is 196 g/mol. The van der Waals surface area contributed by atoms with E-state index in [1.165, 1.54) is 45.1 Å². The van der Waals surface area contributed by atoms with Crippen molar-refractivity contribution in [3.63, 3.8) is 0 Å². The lowest BCUT2D eigenvalue weighted by Crippen LogP contribution is -2.45. The van der Waals surface area contributed by atoms with Crippen molar-refractivity contribution >= 4 is 0 Å². The van der Waals surface area contributed by atoms with Crippen molar-refractivity contribution in [1.82, 2.24) is 10.2 Å². The lowest BCUT2D eigenvalue weighted by molar-refractivity contribution is 0.260. The Balaban J connectivity index is 2.35. The number of hydrogen-bond acceptors (Lipinski definition) is 2. The second kappa shape index (κ2) is 7.29. The van der Waals surface area contributed by atoms with Crippen LogP contribution in [0.5, 0.6) is 0 Å². The molecule has 2 heteroatoms. The lowest BCUT2D eigenvalue weighted by atomic mass is 9.93. The van der Waals surface area contributed by atoms with Gasteiger partial charge in [-0.25, -0.2) is 0 Å². The third-order valence-electron chi connectivity index (χ3n) is 3.42. The zero-order valence-corrected chi connectivity index (χ0v) is 11.6. The molecule has 2 nitrogen and oxygen atoms in total. The summed E-state index contributed by atoms with van der Waals surface area (Å²) in [7, 11) is 4.35. The molecule has 1 unspecified atom stereocenters. The standard InChI is InChI=1S/C14H30N2/c1-12(2)10-14(11-16(3)4)15-13-8-6-5-7-9-13/h12-15H,5-11H2,1-4H3. The summed E-state index contributed by atoms with van der Waals surface area (Å²) < 4.78 is 0. The summed E-state index contributed by atoms with van der Waals surface area (Å²) in [6.07, 6.45) is 8.38. The van der Waals surface area contributed by atoms with Crippen LogP contribution in [0.2, 0.25) is 0 Å². The lowest BCUT2D eigenvalue weighted by Gasteiger charge is -2.31. The molecule has 0 aromatic heterocycles. The van der Waals surface area contributed by atoms with Crippen LogP contribution in [0.25, 0.3) is 0 Å². The molecule has 16 heavy (non-hydrogen) atoms. The number of likely N-dealkylation sites (N-methyl/N-ethyl adjacent to an activating group) is 1. The van der Waals surface area contributed by atoms with Crippen molar-refractivity contribution in [2.24, 2.45) is 5.92 Å². The van der Waals surface area contributed by atoms with Crippen LogP contribution in [-0.4, -0.2) is 37.6 Å². The smallest absolute Gasteiger partial charge is 0.0199 e. The number of nitrogens with one attached hydrogen (secondary N) is 1. The zero-order chi connectivity index (χ0) is 12.0. The normalized spacial score (nSPS) is 20.6. The van der Waals surface area contributed by atoms with E-state index in [-0.39, 0.29) is 0 Å². The molecule has 1 saturated carbocycles. The predicted molar refractivity (Wildman–Crippen MR) is 71.8 cm³/mol. The van der Waals surface area contributed by atoms with Crippen LogP contribution in [0.3, 0.4) is 0 Å². The van der Waals surface area contributed by atoms with E-state index in [1.54, 1.807) is 0 Å². The average Bonchev–Trinajstić information content (AvgIpc) is 2.16. The van der Waals surface area contributed by atoms with Gasteiger partial charge < -0.3 is 10.2 Å². The fraction of sp³-hybridized carbons (Fsp3) is 1.00. The van der Waals surface area contributed by atoms with Crippen LogP contribution in [-0.2, 0) is 0 Å². The molecule has 1 N–H and O–H groups in total. The van der Waals surface area contributed by atoms with Gasteiger partial charge in [0.05, 0.1) is 0 Å². The molecule has 0 bridgehead atoms. The summed E-state index contributed by atoms with van der Waals surface area (Å²) in [5.41, 5.74) is 0. The summed E-state index contributed by atoms with van der Waals surface area (Å²) in [6.45, 7) is 5.82.